The first kappa shape index (κ1) is 29.4. The van der Waals surface area contributed by atoms with Gasteiger partial charge in [-0.15, -0.1) is 0 Å². The zero-order valence-electron chi connectivity index (χ0n) is 22.4. The van der Waals surface area contributed by atoms with Crippen molar-refractivity contribution >= 4 is 79.3 Å². The Kier molecular flexibility index (Phi) is 8.43. The maximum Gasteiger partial charge on any atom is 0.339 e. The number of amides is 2. The van der Waals surface area contributed by atoms with Crippen LogP contribution in [0.2, 0.25) is 0 Å². The molecule has 0 bridgehead atoms. The predicted molar refractivity (Wildman–Crippen MR) is 173 cm³/mol. The molecular formula is C31H23IN2O6S2. The lowest BCUT2D eigenvalue weighted by atomic mass is 10.0. The topological polar surface area (TPSA) is 93.2 Å². The van der Waals surface area contributed by atoms with Crippen LogP contribution in [-0.2, 0) is 19.7 Å². The normalized spacial score (nSPS) is 13.8. The number of carbonyl (C=O) groups excluding carboxylic acids is 2. The summed E-state index contributed by atoms with van der Waals surface area (Å²) < 4.78 is 37.3. The number of halogens is 1. The van der Waals surface area contributed by atoms with Crippen LogP contribution in [0.15, 0.2) is 108 Å². The van der Waals surface area contributed by atoms with E-state index in [0.29, 0.717) is 20.5 Å². The molecule has 11 heteroatoms. The van der Waals surface area contributed by atoms with Crippen molar-refractivity contribution in [2.45, 2.75) is 11.8 Å². The first-order chi connectivity index (χ1) is 20.1. The molecule has 0 unspecified atom stereocenters. The van der Waals surface area contributed by atoms with Gasteiger partial charge in [0.2, 0.25) is 0 Å². The molecule has 0 atom stereocenters. The molecule has 4 aromatic carbocycles. The van der Waals surface area contributed by atoms with E-state index >= 15 is 0 Å². The molecule has 0 radical (unpaired) electrons. The van der Waals surface area contributed by atoms with Crippen molar-refractivity contribution in [1.82, 2.24) is 0 Å². The summed E-state index contributed by atoms with van der Waals surface area (Å²) in [6.45, 7) is 1.85. The highest BCUT2D eigenvalue weighted by atomic mass is 127. The molecule has 0 saturated carbocycles. The molecule has 4 aromatic rings. The lowest BCUT2D eigenvalue weighted by Gasteiger charge is -2.36. The average molecular weight is 711 g/mol. The van der Waals surface area contributed by atoms with Crippen molar-refractivity contribution in [3.05, 3.63) is 117 Å². The molecule has 5 rings (SSSR count). The second-order valence-electron chi connectivity index (χ2n) is 9.18. The Balaban J connectivity index is 1.58. The summed E-state index contributed by atoms with van der Waals surface area (Å²) in [5, 5.41) is 0.0248. The third-order valence-corrected chi connectivity index (χ3v) is 8.75. The van der Waals surface area contributed by atoms with Gasteiger partial charge in [0.1, 0.15) is 10.5 Å². The standard InChI is InChI=1S/C31H23IN2O6S2/c1-20-13-15-24(16-14-20)42(37,38)40-28-26(32)18-21(19-27(28)39-2)17-25-29(35)33(22-9-5-3-6-10-22)31(41)34(30(25)36)23-11-7-4-8-12-23/h3-19H,1-2H3. The van der Waals surface area contributed by atoms with Gasteiger partial charge in [0, 0.05) is 0 Å². The van der Waals surface area contributed by atoms with E-state index in [2.05, 4.69) is 0 Å². The van der Waals surface area contributed by atoms with Crippen molar-refractivity contribution in [1.29, 1.82) is 0 Å². The summed E-state index contributed by atoms with van der Waals surface area (Å²) in [4.78, 5) is 30.2. The number of ether oxygens (including phenoxy) is 1. The van der Waals surface area contributed by atoms with Crippen LogP contribution in [0.5, 0.6) is 11.5 Å². The monoisotopic (exact) mass is 710 g/mol. The maximum atomic E-state index is 13.8. The number of para-hydroxylation sites is 2. The van der Waals surface area contributed by atoms with Crippen LogP contribution in [0.25, 0.3) is 6.08 Å². The van der Waals surface area contributed by atoms with Gasteiger partial charge in [-0.05, 0) is 102 Å². The number of benzene rings is 4. The minimum atomic E-state index is -4.16. The Morgan fingerprint density at radius 3 is 1.83 bits per heavy atom. The Labute approximate surface area is 262 Å². The summed E-state index contributed by atoms with van der Waals surface area (Å²) in [5.41, 5.74) is 2.19. The summed E-state index contributed by atoms with van der Waals surface area (Å²) in [7, 11) is -2.79. The van der Waals surface area contributed by atoms with Gasteiger partial charge in [0.15, 0.2) is 16.6 Å². The number of hydrogen-bond donors (Lipinski definition) is 0. The van der Waals surface area contributed by atoms with E-state index in [4.69, 9.17) is 21.1 Å². The summed E-state index contributed by atoms with van der Waals surface area (Å²) in [6, 6.07) is 27.0. The van der Waals surface area contributed by atoms with Gasteiger partial charge >= 0.3 is 10.1 Å². The molecule has 212 valence electrons. The van der Waals surface area contributed by atoms with Crippen molar-refractivity contribution in [2.75, 3.05) is 16.9 Å². The number of aryl methyl sites for hydroxylation is 1. The Morgan fingerprint density at radius 1 is 0.810 bits per heavy atom. The van der Waals surface area contributed by atoms with Crippen LogP contribution in [0, 0.1) is 10.5 Å². The molecule has 0 aromatic heterocycles. The number of thiocarbonyl (C=S) groups is 1. The maximum absolute atomic E-state index is 13.8. The van der Waals surface area contributed by atoms with Crippen LogP contribution in [-0.4, -0.2) is 32.5 Å². The van der Waals surface area contributed by atoms with Gasteiger partial charge in [-0.25, -0.2) is 0 Å². The van der Waals surface area contributed by atoms with Crippen molar-refractivity contribution in [3.63, 3.8) is 0 Å². The fraction of sp³-hybridized carbons (Fsp3) is 0.0645. The smallest absolute Gasteiger partial charge is 0.339 e. The minimum absolute atomic E-state index is 0.00600. The second kappa shape index (κ2) is 12.0. The number of methoxy groups -OCH3 is 1. The van der Waals surface area contributed by atoms with Gasteiger partial charge < -0.3 is 8.92 Å². The molecular weight excluding hydrogens is 687 g/mol. The van der Waals surface area contributed by atoms with E-state index in [9.17, 15) is 18.0 Å². The van der Waals surface area contributed by atoms with Crippen LogP contribution >= 0.6 is 34.8 Å². The van der Waals surface area contributed by atoms with Gasteiger partial charge in [0.05, 0.1) is 22.1 Å². The molecule has 8 nitrogen and oxygen atoms in total. The largest absolute Gasteiger partial charge is 0.493 e. The zero-order valence-corrected chi connectivity index (χ0v) is 26.1. The van der Waals surface area contributed by atoms with E-state index in [0.717, 1.165) is 5.56 Å². The first-order valence-corrected chi connectivity index (χ1v) is 15.4. The third-order valence-electron chi connectivity index (χ3n) is 6.34. The van der Waals surface area contributed by atoms with E-state index < -0.39 is 21.9 Å². The molecule has 1 heterocycles. The van der Waals surface area contributed by atoms with E-state index in [-0.39, 0.29) is 27.1 Å². The zero-order chi connectivity index (χ0) is 30.0. The van der Waals surface area contributed by atoms with Crippen LogP contribution in [0.3, 0.4) is 0 Å². The highest BCUT2D eigenvalue weighted by Crippen LogP contribution is 2.37. The summed E-state index contributed by atoms with van der Waals surface area (Å²) in [5.74, 6) is -1.10. The van der Waals surface area contributed by atoms with Crippen LogP contribution in [0.4, 0.5) is 11.4 Å². The van der Waals surface area contributed by atoms with Gasteiger partial charge in [-0.2, -0.15) is 8.42 Å². The number of hydrogen-bond acceptors (Lipinski definition) is 7. The Hall–Kier alpha value is -4.07. The molecule has 1 fully saturated rings. The van der Waals surface area contributed by atoms with Gasteiger partial charge in [-0.1, -0.05) is 54.1 Å². The number of carbonyl (C=O) groups is 2. The number of anilines is 2. The highest BCUT2D eigenvalue weighted by Gasteiger charge is 2.41. The molecule has 42 heavy (non-hydrogen) atoms. The lowest BCUT2D eigenvalue weighted by Crippen LogP contribution is -2.56. The Morgan fingerprint density at radius 2 is 1.33 bits per heavy atom. The van der Waals surface area contributed by atoms with Crippen molar-refractivity contribution < 1.29 is 26.9 Å². The SMILES string of the molecule is COc1cc(C=C2C(=O)N(c3ccccc3)C(=S)N(c3ccccc3)C2=O)cc(I)c1OS(=O)(=O)c1ccc(C)cc1. The van der Waals surface area contributed by atoms with Gasteiger partial charge in [0.25, 0.3) is 11.8 Å². The molecule has 1 aliphatic heterocycles. The van der Waals surface area contributed by atoms with Crippen molar-refractivity contribution in [2.24, 2.45) is 0 Å². The highest BCUT2D eigenvalue weighted by molar-refractivity contribution is 14.1. The second-order valence-corrected chi connectivity index (χ2v) is 12.3. The quantitative estimate of drug-likeness (QED) is 0.0750. The first-order valence-electron chi connectivity index (χ1n) is 12.5. The fourth-order valence-corrected chi connectivity index (χ4v) is 6.49. The predicted octanol–water partition coefficient (Wildman–Crippen LogP) is 6.12. The average Bonchev–Trinajstić information content (AvgIpc) is 2.98. The summed E-state index contributed by atoms with van der Waals surface area (Å²) in [6.07, 6.45) is 1.43. The molecule has 2 amide bonds. The van der Waals surface area contributed by atoms with E-state index in [1.54, 1.807) is 66.7 Å². The molecule has 1 aliphatic rings. The number of rotatable bonds is 7. The molecule has 0 spiro atoms. The van der Waals surface area contributed by atoms with E-state index in [1.807, 2.05) is 41.6 Å². The molecule has 1 saturated heterocycles. The fourth-order valence-electron chi connectivity index (χ4n) is 4.27. The number of nitrogens with zero attached hydrogens (tertiary/aromatic N) is 2. The molecule has 0 aliphatic carbocycles. The van der Waals surface area contributed by atoms with Crippen molar-refractivity contribution in [3.8, 4) is 11.5 Å². The van der Waals surface area contributed by atoms with Gasteiger partial charge in [-0.3, -0.25) is 19.4 Å². The minimum Gasteiger partial charge on any atom is -0.493 e. The summed E-state index contributed by atoms with van der Waals surface area (Å²) >= 11 is 7.57. The Bertz CT molecular complexity index is 1760. The lowest BCUT2D eigenvalue weighted by molar-refractivity contribution is -0.120. The molecule has 0 N–H and O–H groups in total. The van der Waals surface area contributed by atoms with E-state index in [1.165, 1.54) is 41.2 Å². The van der Waals surface area contributed by atoms with Crippen LogP contribution in [0.1, 0.15) is 11.1 Å². The van der Waals surface area contributed by atoms with Crippen LogP contribution < -0.4 is 18.7 Å². The third kappa shape index (κ3) is 5.80.